The Balaban J connectivity index is 1.95. The zero-order valence-electron chi connectivity index (χ0n) is 14.5. The van der Waals surface area contributed by atoms with Gasteiger partial charge in [-0.1, -0.05) is 30.3 Å². The maximum Gasteiger partial charge on any atom is 0.236 e. The molecule has 0 saturated carbocycles. The van der Waals surface area contributed by atoms with Crippen molar-refractivity contribution in [2.24, 2.45) is 0 Å². The number of nitrogens with zero attached hydrogens (tertiary/aromatic N) is 1. The third kappa shape index (κ3) is 4.99. The van der Waals surface area contributed by atoms with Crippen molar-refractivity contribution in [2.75, 3.05) is 17.6 Å². The van der Waals surface area contributed by atoms with Gasteiger partial charge in [0.2, 0.25) is 10.0 Å². The molecule has 2 aromatic carbocycles. The van der Waals surface area contributed by atoms with Crippen LogP contribution in [0.3, 0.4) is 0 Å². The Labute approximate surface area is 166 Å². The van der Waals surface area contributed by atoms with Crippen molar-refractivity contribution < 1.29 is 13.2 Å². The minimum atomic E-state index is -3.59. The molecule has 0 aliphatic carbocycles. The Bertz CT molecular complexity index is 1060. The van der Waals surface area contributed by atoms with E-state index in [-0.39, 0.29) is 5.75 Å². The Morgan fingerprint density at radius 2 is 1.89 bits per heavy atom. The van der Waals surface area contributed by atoms with Gasteiger partial charge < -0.3 is 10.5 Å². The zero-order chi connectivity index (χ0) is 19.4. The lowest BCUT2D eigenvalue weighted by Gasteiger charge is -2.13. The Morgan fingerprint density at radius 1 is 1.15 bits per heavy atom. The highest BCUT2D eigenvalue weighted by Crippen LogP contribution is 2.33. The molecule has 3 N–H and O–H groups in total. The summed E-state index contributed by atoms with van der Waals surface area (Å²) < 4.78 is 33.8. The van der Waals surface area contributed by atoms with Crippen molar-refractivity contribution in [3.8, 4) is 16.9 Å². The van der Waals surface area contributed by atoms with E-state index in [1.54, 1.807) is 48.7 Å². The predicted octanol–water partition coefficient (Wildman–Crippen LogP) is 4.04. The first-order valence-electron chi connectivity index (χ1n) is 8.01. The van der Waals surface area contributed by atoms with E-state index in [9.17, 15) is 8.42 Å². The molecule has 8 heteroatoms. The first kappa shape index (κ1) is 19.2. The Hall–Kier alpha value is -2.58. The zero-order valence-corrected chi connectivity index (χ0v) is 16.9. The summed E-state index contributed by atoms with van der Waals surface area (Å²) in [6.07, 6.45) is 1.60. The van der Waals surface area contributed by atoms with Crippen LogP contribution in [0.15, 0.2) is 65.3 Å². The highest BCUT2D eigenvalue weighted by Gasteiger charge is 2.14. The molecule has 0 aliphatic heterocycles. The molecule has 0 saturated heterocycles. The molecule has 6 nitrogen and oxygen atoms in total. The average molecular weight is 448 g/mol. The third-order valence-electron chi connectivity index (χ3n) is 3.81. The van der Waals surface area contributed by atoms with E-state index in [1.807, 2.05) is 12.1 Å². The monoisotopic (exact) mass is 447 g/mol. The molecular formula is C19H18BrN3O3S. The van der Waals surface area contributed by atoms with Gasteiger partial charge in [-0.2, -0.15) is 0 Å². The van der Waals surface area contributed by atoms with Crippen molar-refractivity contribution in [1.29, 1.82) is 0 Å². The number of halogens is 1. The van der Waals surface area contributed by atoms with Crippen molar-refractivity contribution in [3.63, 3.8) is 0 Å². The molecule has 0 unspecified atom stereocenters. The van der Waals surface area contributed by atoms with Gasteiger partial charge in [0.15, 0.2) is 0 Å². The first-order valence-corrected chi connectivity index (χ1v) is 10.5. The SMILES string of the molecule is COc1cc(NS(=O)(=O)Cc2ccccc2)cc(-c2cc(Br)cnc2N)c1. The highest BCUT2D eigenvalue weighted by atomic mass is 79.9. The summed E-state index contributed by atoms with van der Waals surface area (Å²) in [7, 11) is -2.07. The van der Waals surface area contributed by atoms with Gasteiger partial charge in [-0.25, -0.2) is 13.4 Å². The number of pyridine rings is 1. The van der Waals surface area contributed by atoms with Crippen molar-refractivity contribution in [1.82, 2.24) is 4.98 Å². The van der Waals surface area contributed by atoms with Gasteiger partial charge in [0.1, 0.15) is 11.6 Å². The number of nitrogens with one attached hydrogen (secondary N) is 1. The average Bonchev–Trinajstić information content (AvgIpc) is 2.63. The standard InChI is InChI=1S/C19H18BrN3O3S/c1-26-17-8-14(18-9-15(20)11-22-19(18)21)7-16(10-17)23-27(24,25)12-13-5-3-2-4-6-13/h2-11,23H,12H2,1H3,(H2,21,22). The summed E-state index contributed by atoms with van der Waals surface area (Å²) in [4.78, 5) is 4.12. The van der Waals surface area contributed by atoms with E-state index >= 15 is 0 Å². The normalized spacial score (nSPS) is 11.2. The number of nitrogen functional groups attached to an aromatic ring is 1. The van der Waals surface area contributed by atoms with Gasteiger partial charge in [-0.3, -0.25) is 4.72 Å². The van der Waals surface area contributed by atoms with Crippen molar-refractivity contribution in [2.45, 2.75) is 5.75 Å². The largest absolute Gasteiger partial charge is 0.497 e. The molecule has 1 aromatic heterocycles. The van der Waals surface area contributed by atoms with Crippen LogP contribution in [-0.4, -0.2) is 20.5 Å². The van der Waals surface area contributed by atoms with Crippen LogP contribution in [-0.2, 0) is 15.8 Å². The fraction of sp³-hybridized carbons (Fsp3) is 0.105. The van der Waals surface area contributed by atoms with E-state index in [2.05, 4.69) is 25.6 Å². The van der Waals surface area contributed by atoms with Gasteiger partial charge >= 0.3 is 0 Å². The summed E-state index contributed by atoms with van der Waals surface area (Å²) >= 11 is 3.37. The summed E-state index contributed by atoms with van der Waals surface area (Å²) in [6, 6.07) is 15.9. The van der Waals surface area contributed by atoms with Crippen LogP contribution in [0.4, 0.5) is 11.5 Å². The molecule has 140 valence electrons. The number of benzene rings is 2. The summed E-state index contributed by atoms with van der Waals surface area (Å²) in [5.41, 5.74) is 8.44. The first-order chi connectivity index (χ1) is 12.9. The van der Waals surface area contributed by atoms with E-state index in [1.165, 1.54) is 7.11 Å². The molecule has 27 heavy (non-hydrogen) atoms. The van der Waals surface area contributed by atoms with Crippen LogP contribution in [0.5, 0.6) is 5.75 Å². The molecule has 0 spiro atoms. The number of methoxy groups -OCH3 is 1. The number of hydrogen-bond donors (Lipinski definition) is 2. The van der Waals surface area contributed by atoms with Crippen LogP contribution in [0.2, 0.25) is 0 Å². The Morgan fingerprint density at radius 3 is 2.59 bits per heavy atom. The molecule has 3 aromatic rings. The number of nitrogens with two attached hydrogens (primary N) is 1. The summed E-state index contributed by atoms with van der Waals surface area (Å²) in [6.45, 7) is 0. The molecule has 0 fully saturated rings. The number of aromatic nitrogens is 1. The Kier molecular flexibility index (Phi) is 5.67. The van der Waals surface area contributed by atoms with E-state index in [0.717, 1.165) is 4.47 Å². The molecule has 0 bridgehead atoms. The molecular weight excluding hydrogens is 430 g/mol. The second kappa shape index (κ2) is 7.98. The molecule has 0 aliphatic rings. The second-order valence-electron chi connectivity index (χ2n) is 5.88. The van der Waals surface area contributed by atoms with Gasteiger partial charge in [0.25, 0.3) is 0 Å². The van der Waals surface area contributed by atoms with Crippen LogP contribution < -0.4 is 15.2 Å². The van der Waals surface area contributed by atoms with Crippen LogP contribution >= 0.6 is 15.9 Å². The predicted molar refractivity (Wildman–Crippen MR) is 111 cm³/mol. The third-order valence-corrected chi connectivity index (χ3v) is 5.50. The fourth-order valence-electron chi connectivity index (χ4n) is 2.62. The van der Waals surface area contributed by atoms with Crippen LogP contribution in [0, 0.1) is 0 Å². The smallest absolute Gasteiger partial charge is 0.236 e. The minimum absolute atomic E-state index is 0.124. The maximum absolute atomic E-state index is 12.5. The number of rotatable bonds is 6. The van der Waals surface area contributed by atoms with Gasteiger partial charge in [-0.05, 0) is 45.3 Å². The maximum atomic E-state index is 12.5. The highest BCUT2D eigenvalue weighted by molar-refractivity contribution is 9.10. The quantitative estimate of drug-likeness (QED) is 0.594. The number of sulfonamides is 1. The number of anilines is 2. The molecule has 3 rings (SSSR count). The molecule has 0 amide bonds. The molecule has 1 heterocycles. The van der Waals surface area contributed by atoms with Crippen molar-refractivity contribution >= 4 is 37.5 Å². The van der Waals surface area contributed by atoms with Gasteiger partial charge in [-0.15, -0.1) is 0 Å². The van der Waals surface area contributed by atoms with E-state index in [4.69, 9.17) is 10.5 Å². The topological polar surface area (TPSA) is 94.3 Å². The lowest BCUT2D eigenvalue weighted by atomic mass is 10.1. The lowest BCUT2D eigenvalue weighted by molar-refractivity contribution is 0.415. The van der Waals surface area contributed by atoms with Crippen LogP contribution in [0.1, 0.15) is 5.56 Å². The van der Waals surface area contributed by atoms with Crippen molar-refractivity contribution in [3.05, 3.63) is 70.8 Å². The van der Waals surface area contributed by atoms with Crippen LogP contribution in [0.25, 0.3) is 11.1 Å². The summed E-state index contributed by atoms with van der Waals surface area (Å²) in [5, 5.41) is 0. The summed E-state index contributed by atoms with van der Waals surface area (Å²) in [5.74, 6) is 0.717. The number of hydrogen-bond acceptors (Lipinski definition) is 5. The van der Waals surface area contributed by atoms with Gasteiger partial charge in [0.05, 0.1) is 18.6 Å². The molecule has 0 radical (unpaired) electrons. The number of ether oxygens (including phenoxy) is 1. The van der Waals surface area contributed by atoms with E-state index in [0.29, 0.717) is 33.9 Å². The fourth-order valence-corrected chi connectivity index (χ4v) is 4.13. The van der Waals surface area contributed by atoms with Gasteiger partial charge in [0, 0.05) is 22.3 Å². The molecule has 0 atom stereocenters. The van der Waals surface area contributed by atoms with E-state index < -0.39 is 10.0 Å². The second-order valence-corrected chi connectivity index (χ2v) is 8.52. The minimum Gasteiger partial charge on any atom is -0.497 e. The lowest BCUT2D eigenvalue weighted by Crippen LogP contribution is -2.15.